The van der Waals surface area contributed by atoms with Gasteiger partial charge in [0.05, 0.1) is 5.52 Å². The second-order valence-corrected chi connectivity index (χ2v) is 7.21. The normalized spacial score (nSPS) is 14.4. The number of para-hydroxylation sites is 2. The fourth-order valence-corrected chi connectivity index (χ4v) is 3.71. The molecule has 4 rings (SSSR count). The van der Waals surface area contributed by atoms with Gasteiger partial charge in [-0.1, -0.05) is 12.1 Å². The number of aryl methyl sites for hydroxylation is 1. The molecule has 0 bridgehead atoms. The first-order valence-corrected chi connectivity index (χ1v) is 9.75. The summed E-state index contributed by atoms with van der Waals surface area (Å²) in [6.07, 6.45) is 0.261. The number of piperazine rings is 1. The Morgan fingerprint density at radius 2 is 1.66 bits per heavy atom. The minimum atomic E-state index is -0.433. The molecular formula is C22H23N3O4. The number of amides is 1. The number of hydrogen-bond donors (Lipinski definition) is 0. The van der Waals surface area contributed by atoms with Crippen LogP contribution in [0.5, 0.6) is 0 Å². The number of rotatable bonds is 5. The smallest absolute Gasteiger partial charge is 0.408 e. The van der Waals surface area contributed by atoms with E-state index in [1.807, 2.05) is 47.4 Å². The summed E-state index contributed by atoms with van der Waals surface area (Å²) in [7, 11) is 0. The molecule has 1 aliphatic heterocycles. The van der Waals surface area contributed by atoms with E-state index in [0.29, 0.717) is 36.3 Å². The molecule has 1 aliphatic rings. The lowest BCUT2D eigenvalue weighted by Crippen LogP contribution is -2.49. The Morgan fingerprint density at radius 3 is 2.34 bits per heavy atom. The van der Waals surface area contributed by atoms with Crippen molar-refractivity contribution in [1.82, 2.24) is 9.47 Å². The van der Waals surface area contributed by atoms with Gasteiger partial charge in [-0.15, -0.1) is 0 Å². The second-order valence-electron chi connectivity index (χ2n) is 7.21. The zero-order valence-corrected chi connectivity index (χ0v) is 16.3. The maximum Gasteiger partial charge on any atom is 0.419 e. The molecule has 7 nitrogen and oxygen atoms in total. The summed E-state index contributed by atoms with van der Waals surface area (Å²) >= 11 is 0. The Balaban J connectivity index is 1.33. The molecule has 0 radical (unpaired) electrons. The fraction of sp³-hybridized carbons (Fsp3) is 0.318. The van der Waals surface area contributed by atoms with Crippen LogP contribution in [0.3, 0.4) is 0 Å². The molecule has 0 N–H and O–H groups in total. The van der Waals surface area contributed by atoms with Crippen LogP contribution in [0.1, 0.15) is 23.7 Å². The molecule has 0 spiro atoms. The van der Waals surface area contributed by atoms with E-state index in [1.54, 1.807) is 13.0 Å². The summed E-state index contributed by atoms with van der Waals surface area (Å²) in [5.74, 6) is -0.344. The second kappa shape index (κ2) is 7.95. The predicted octanol–water partition coefficient (Wildman–Crippen LogP) is 2.54. The van der Waals surface area contributed by atoms with Gasteiger partial charge in [-0.2, -0.15) is 0 Å². The van der Waals surface area contributed by atoms with Crippen LogP contribution < -0.4 is 10.7 Å². The van der Waals surface area contributed by atoms with Gasteiger partial charge in [0.1, 0.15) is 0 Å². The number of anilines is 1. The van der Waals surface area contributed by atoms with Gasteiger partial charge in [0.25, 0.3) is 0 Å². The van der Waals surface area contributed by atoms with Gasteiger partial charge in [0, 0.05) is 50.4 Å². The molecule has 29 heavy (non-hydrogen) atoms. The number of nitrogens with zero attached hydrogens (tertiary/aromatic N) is 3. The molecule has 0 unspecified atom stereocenters. The third-order valence-corrected chi connectivity index (χ3v) is 5.39. The van der Waals surface area contributed by atoms with Gasteiger partial charge >= 0.3 is 5.76 Å². The Kier molecular flexibility index (Phi) is 5.20. The highest BCUT2D eigenvalue weighted by Crippen LogP contribution is 2.18. The molecule has 2 heterocycles. The number of hydrogen-bond acceptors (Lipinski definition) is 5. The van der Waals surface area contributed by atoms with Crippen molar-refractivity contribution in [3.05, 3.63) is 64.6 Å². The summed E-state index contributed by atoms with van der Waals surface area (Å²) in [6, 6.07) is 14.8. The fourth-order valence-electron chi connectivity index (χ4n) is 3.71. The van der Waals surface area contributed by atoms with Gasteiger partial charge < -0.3 is 14.2 Å². The lowest BCUT2D eigenvalue weighted by atomic mass is 10.1. The van der Waals surface area contributed by atoms with Crippen LogP contribution in [0.2, 0.25) is 0 Å². The highest BCUT2D eigenvalue weighted by Gasteiger charge is 2.22. The maximum atomic E-state index is 12.6. The van der Waals surface area contributed by atoms with Crippen molar-refractivity contribution in [3.8, 4) is 0 Å². The molecule has 1 aromatic heterocycles. The molecule has 0 atom stereocenters. The van der Waals surface area contributed by atoms with Crippen molar-refractivity contribution in [2.75, 3.05) is 31.1 Å². The highest BCUT2D eigenvalue weighted by molar-refractivity contribution is 5.94. The number of carbonyl (C=O) groups excluding carboxylic acids is 2. The molecule has 0 aliphatic carbocycles. The van der Waals surface area contributed by atoms with E-state index in [1.165, 1.54) is 4.57 Å². The van der Waals surface area contributed by atoms with Crippen molar-refractivity contribution in [3.63, 3.8) is 0 Å². The van der Waals surface area contributed by atoms with Crippen LogP contribution in [0.25, 0.3) is 11.1 Å². The average Bonchev–Trinajstić information content (AvgIpc) is 3.07. The Labute approximate surface area is 168 Å². The third kappa shape index (κ3) is 3.94. The molecule has 3 aromatic rings. The first-order valence-electron chi connectivity index (χ1n) is 9.75. The van der Waals surface area contributed by atoms with Gasteiger partial charge in [-0.05, 0) is 43.3 Å². The number of aromatic nitrogens is 1. The molecule has 150 valence electrons. The largest absolute Gasteiger partial charge is 0.419 e. The molecule has 0 saturated carbocycles. The Bertz CT molecular complexity index is 1090. The van der Waals surface area contributed by atoms with E-state index in [4.69, 9.17) is 4.42 Å². The van der Waals surface area contributed by atoms with E-state index >= 15 is 0 Å². The average molecular weight is 393 g/mol. The first-order chi connectivity index (χ1) is 14.0. The van der Waals surface area contributed by atoms with Crippen LogP contribution in [0.15, 0.2) is 57.7 Å². The Morgan fingerprint density at radius 1 is 0.966 bits per heavy atom. The van der Waals surface area contributed by atoms with Crippen molar-refractivity contribution in [1.29, 1.82) is 0 Å². The number of ketones is 1. The number of carbonyl (C=O) groups is 2. The van der Waals surface area contributed by atoms with Gasteiger partial charge in [0.15, 0.2) is 11.4 Å². The minimum Gasteiger partial charge on any atom is -0.408 e. The van der Waals surface area contributed by atoms with E-state index < -0.39 is 5.76 Å². The summed E-state index contributed by atoms with van der Waals surface area (Å²) in [5.41, 5.74) is 3.00. The summed E-state index contributed by atoms with van der Waals surface area (Å²) in [5, 5.41) is 0. The standard InChI is InChI=1S/C22H23N3O4/c1-16(26)17-6-8-18(9-7-17)23-12-14-24(15-13-23)21(27)10-11-25-19-4-2-3-5-20(19)29-22(25)28/h2-9H,10-15H2,1H3. The summed E-state index contributed by atoms with van der Waals surface area (Å²) < 4.78 is 6.73. The summed E-state index contributed by atoms with van der Waals surface area (Å²) in [4.78, 5) is 40.1. The third-order valence-electron chi connectivity index (χ3n) is 5.39. The lowest BCUT2D eigenvalue weighted by molar-refractivity contribution is -0.131. The van der Waals surface area contributed by atoms with Crippen LogP contribution in [0.4, 0.5) is 5.69 Å². The lowest BCUT2D eigenvalue weighted by Gasteiger charge is -2.36. The minimum absolute atomic E-state index is 0.0359. The van der Waals surface area contributed by atoms with Crippen molar-refractivity contribution in [2.45, 2.75) is 19.9 Å². The van der Waals surface area contributed by atoms with Crippen LogP contribution in [0, 0.1) is 0 Å². The van der Waals surface area contributed by atoms with Crippen molar-refractivity contribution in [2.24, 2.45) is 0 Å². The zero-order chi connectivity index (χ0) is 20.4. The maximum absolute atomic E-state index is 12.6. The topological polar surface area (TPSA) is 75.8 Å². The monoisotopic (exact) mass is 393 g/mol. The predicted molar refractivity (Wildman–Crippen MR) is 110 cm³/mol. The van der Waals surface area contributed by atoms with Crippen molar-refractivity contribution < 1.29 is 14.0 Å². The SMILES string of the molecule is CC(=O)c1ccc(N2CCN(C(=O)CCn3c(=O)oc4ccccc43)CC2)cc1. The number of Topliss-reactive ketones (excluding diaryl/α,β-unsaturated/α-hetero) is 1. The van der Waals surface area contributed by atoms with Crippen LogP contribution in [-0.2, 0) is 11.3 Å². The number of benzene rings is 2. The van der Waals surface area contributed by atoms with Gasteiger partial charge in [-0.3, -0.25) is 14.2 Å². The number of fused-ring (bicyclic) bond motifs is 1. The summed E-state index contributed by atoms with van der Waals surface area (Å²) in [6.45, 7) is 4.60. The molecule has 1 saturated heterocycles. The molecule has 1 amide bonds. The van der Waals surface area contributed by atoms with E-state index in [9.17, 15) is 14.4 Å². The van der Waals surface area contributed by atoms with Gasteiger partial charge in [0.2, 0.25) is 5.91 Å². The zero-order valence-electron chi connectivity index (χ0n) is 16.3. The quantitative estimate of drug-likeness (QED) is 0.623. The van der Waals surface area contributed by atoms with Crippen molar-refractivity contribution >= 4 is 28.5 Å². The Hall–Kier alpha value is -3.35. The highest BCUT2D eigenvalue weighted by atomic mass is 16.4. The molecular weight excluding hydrogens is 370 g/mol. The van der Waals surface area contributed by atoms with Crippen LogP contribution >= 0.6 is 0 Å². The van der Waals surface area contributed by atoms with Crippen LogP contribution in [-0.4, -0.2) is 47.3 Å². The molecule has 7 heteroatoms. The van der Waals surface area contributed by atoms with E-state index in [0.717, 1.165) is 18.8 Å². The molecule has 1 fully saturated rings. The molecule has 2 aromatic carbocycles. The van der Waals surface area contributed by atoms with Gasteiger partial charge in [-0.25, -0.2) is 4.79 Å². The number of oxazole rings is 1. The van der Waals surface area contributed by atoms with E-state index in [2.05, 4.69) is 4.90 Å². The van der Waals surface area contributed by atoms with E-state index in [-0.39, 0.29) is 18.1 Å². The first kappa shape index (κ1) is 19.0.